The van der Waals surface area contributed by atoms with Crippen molar-refractivity contribution in [2.75, 3.05) is 13.7 Å². The molecule has 1 aromatic heterocycles. The minimum Gasteiger partial charge on any atom is -0.479 e. The van der Waals surface area contributed by atoms with Crippen molar-refractivity contribution in [2.24, 2.45) is 0 Å². The predicted molar refractivity (Wildman–Crippen MR) is 86.2 cm³/mol. The molecule has 0 radical (unpaired) electrons. The number of carboxylic acid groups (broad SMARTS) is 1. The Kier molecular flexibility index (Phi) is 6.04. The Bertz CT molecular complexity index is 808. The number of aryl methyl sites for hydroxylation is 1. The number of carbonyl (C=O) groups is 2. The van der Waals surface area contributed by atoms with E-state index in [9.17, 15) is 23.5 Å². The highest BCUT2D eigenvalue weighted by atomic mass is 19.1. The first-order valence-corrected chi connectivity index (χ1v) is 7.68. The van der Waals surface area contributed by atoms with Gasteiger partial charge >= 0.3 is 5.97 Å². The molecule has 1 atom stereocenters. The van der Waals surface area contributed by atoms with Crippen LogP contribution in [0.3, 0.4) is 0 Å². The summed E-state index contributed by atoms with van der Waals surface area (Å²) in [5.41, 5.74) is -1.50. The molecule has 26 heavy (non-hydrogen) atoms. The third-order valence-electron chi connectivity index (χ3n) is 3.64. The molecule has 1 aromatic carbocycles. The molecule has 2 N–H and O–H groups in total. The van der Waals surface area contributed by atoms with E-state index in [-0.39, 0.29) is 36.7 Å². The van der Waals surface area contributed by atoms with Crippen LogP contribution >= 0.6 is 0 Å². The summed E-state index contributed by atoms with van der Waals surface area (Å²) in [6.07, 6.45) is 1.27. The minimum atomic E-state index is -1.55. The zero-order valence-electron chi connectivity index (χ0n) is 14.2. The molecule has 0 spiro atoms. The van der Waals surface area contributed by atoms with Gasteiger partial charge in [-0.1, -0.05) is 0 Å². The lowest BCUT2D eigenvalue weighted by atomic mass is 10.0. The van der Waals surface area contributed by atoms with Crippen LogP contribution in [0.15, 0.2) is 28.8 Å². The number of rotatable bonds is 8. The van der Waals surface area contributed by atoms with Gasteiger partial charge < -0.3 is 19.6 Å². The summed E-state index contributed by atoms with van der Waals surface area (Å²) in [4.78, 5) is 27.2. The van der Waals surface area contributed by atoms with Crippen LogP contribution < -0.4 is 5.32 Å². The number of hydrogen-bond donors (Lipinski definition) is 2. The van der Waals surface area contributed by atoms with Gasteiger partial charge in [0.25, 0.3) is 0 Å². The van der Waals surface area contributed by atoms with E-state index < -0.39 is 29.0 Å². The summed E-state index contributed by atoms with van der Waals surface area (Å²) in [6.45, 7) is 1.14. The number of carboxylic acids is 1. The van der Waals surface area contributed by atoms with E-state index in [0.29, 0.717) is 0 Å². The number of aromatic nitrogens is 1. The average Bonchev–Trinajstić information content (AvgIpc) is 3.01. The quantitative estimate of drug-likeness (QED) is 0.740. The van der Waals surface area contributed by atoms with Crippen molar-refractivity contribution in [3.8, 4) is 11.3 Å². The molecule has 0 aliphatic carbocycles. The molecule has 1 amide bonds. The average molecular weight is 368 g/mol. The van der Waals surface area contributed by atoms with Crippen LogP contribution in [0.1, 0.15) is 19.2 Å². The highest BCUT2D eigenvalue weighted by Gasteiger charge is 2.34. The van der Waals surface area contributed by atoms with Gasteiger partial charge in [0.15, 0.2) is 17.2 Å². The van der Waals surface area contributed by atoms with E-state index in [4.69, 9.17) is 9.15 Å². The first-order valence-electron chi connectivity index (χ1n) is 7.68. The molecule has 0 fully saturated rings. The fourth-order valence-corrected chi connectivity index (χ4v) is 2.27. The Morgan fingerprint density at radius 2 is 2.12 bits per heavy atom. The number of nitrogens with zero attached hydrogens (tertiary/aromatic N) is 1. The number of methoxy groups -OCH3 is 1. The van der Waals surface area contributed by atoms with Crippen LogP contribution in [-0.4, -0.2) is 41.2 Å². The van der Waals surface area contributed by atoms with Crippen LogP contribution in [0.4, 0.5) is 8.78 Å². The monoisotopic (exact) mass is 368 g/mol. The number of oxazole rings is 1. The smallest absolute Gasteiger partial charge is 0.331 e. The summed E-state index contributed by atoms with van der Waals surface area (Å²) < 4.78 is 36.9. The second kappa shape index (κ2) is 8.05. The molecule has 2 rings (SSSR count). The van der Waals surface area contributed by atoms with Crippen LogP contribution in [0.25, 0.3) is 11.3 Å². The Morgan fingerprint density at radius 1 is 1.38 bits per heavy atom. The second-order valence-corrected chi connectivity index (χ2v) is 5.86. The lowest BCUT2D eigenvalue weighted by Gasteiger charge is -2.25. The number of benzene rings is 1. The number of amides is 1. The van der Waals surface area contributed by atoms with E-state index >= 15 is 0 Å². The van der Waals surface area contributed by atoms with Crippen molar-refractivity contribution in [1.82, 2.24) is 10.3 Å². The van der Waals surface area contributed by atoms with E-state index in [0.717, 1.165) is 12.1 Å². The van der Waals surface area contributed by atoms with Gasteiger partial charge in [0, 0.05) is 26.0 Å². The molecule has 2 aromatic rings. The third-order valence-corrected chi connectivity index (χ3v) is 3.64. The number of carbonyl (C=O) groups excluding carboxylic acids is 1. The van der Waals surface area contributed by atoms with Gasteiger partial charge in [-0.15, -0.1) is 0 Å². The summed E-state index contributed by atoms with van der Waals surface area (Å²) in [7, 11) is 1.33. The number of hydrogen-bond acceptors (Lipinski definition) is 5. The summed E-state index contributed by atoms with van der Waals surface area (Å²) in [5.74, 6) is -2.98. The number of aliphatic carboxylic acids is 1. The molecular weight excluding hydrogens is 350 g/mol. The zero-order valence-corrected chi connectivity index (χ0v) is 14.2. The molecule has 0 aliphatic heterocycles. The maximum Gasteiger partial charge on any atom is 0.331 e. The maximum absolute atomic E-state index is 13.7. The normalized spacial score (nSPS) is 13.2. The molecule has 0 aliphatic rings. The Hall–Kier alpha value is -2.81. The molecule has 1 heterocycles. The third kappa shape index (κ3) is 4.63. The van der Waals surface area contributed by atoms with Crippen molar-refractivity contribution in [1.29, 1.82) is 0 Å². The van der Waals surface area contributed by atoms with Gasteiger partial charge in [0.1, 0.15) is 11.6 Å². The van der Waals surface area contributed by atoms with Gasteiger partial charge in [-0.05, 0) is 19.1 Å². The fourth-order valence-electron chi connectivity index (χ4n) is 2.27. The predicted octanol–water partition coefficient (Wildman–Crippen LogP) is 2.16. The van der Waals surface area contributed by atoms with E-state index in [1.807, 2.05) is 0 Å². The number of nitrogens with one attached hydrogen (secondary N) is 1. The summed E-state index contributed by atoms with van der Waals surface area (Å²) in [5, 5.41) is 11.6. The Morgan fingerprint density at radius 3 is 2.73 bits per heavy atom. The van der Waals surface area contributed by atoms with E-state index in [1.54, 1.807) is 0 Å². The van der Waals surface area contributed by atoms with E-state index in [1.165, 1.54) is 26.3 Å². The van der Waals surface area contributed by atoms with Gasteiger partial charge in [-0.25, -0.2) is 18.6 Å². The second-order valence-electron chi connectivity index (χ2n) is 5.86. The van der Waals surface area contributed by atoms with Crippen molar-refractivity contribution >= 4 is 11.9 Å². The number of ether oxygens (including phenoxy) is 1. The van der Waals surface area contributed by atoms with Gasteiger partial charge in [0.2, 0.25) is 5.91 Å². The van der Waals surface area contributed by atoms with Gasteiger partial charge in [-0.3, -0.25) is 4.79 Å². The molecule has 140 valence electrons. The standard InChI is InChI=1S/C17H18F2N2O5/c1-17(9-25-2,16(23)24)21-14(22)5-6-15-20-8-13(26-15)11-4-3-10(18)7-12(11)19/h3-4,7-8H,5-6,9H2,1-2H3,(H,21,22)(H,23,24). The van der Waals surface area contributed by atoms with E-state index in [2.05, 4.69) is 10.3 Å². The highest BCUT2D eigenvalue weighted by Crippen LogP contribution is 2.24. The fraction of sp³-hybridized carbons (Fsp3) is 0.353. The highest BCUT2D eigenvalue weighted by molar-refractivity contribution is 5.86. The molecule has 7 nitrogen and oxygen atoms in total. The Labute approximate surface area is 148 Å². The first kappa shape index (κ1) is 19.5. The van der Waals surface area contributed by atoms with Crippen LogP contribution in [0, 0.1) is 11.6 Å². The minimum absolute atomic E-state index is 0.0492. The van der Waals surface area contributed by atoms with Gasteiger partial charge in [0.05, 0.1) is 18.4 Å². The molecule has 9 heteroatoms. The first-order chi connectivity index (χ1) is 12.2. The Balaban J connectivity index is 1.99. The summed E-state index contributed by atoms with van der Waals surface area (Å²) >= 11 is 0. The van der Waals surface area contributed by atoms with Crippen LogP contribution in [0.5, 0.6) is 0 Å². The molecule has 0 saturated heterocycles. The lowest BCUT2D eigenvalue weighted by molar-refractivity contribution is -0.149. The zero-order chi connectivity index (χ0) is 19.3. The lowest BCUT2D eigenvalue weighted by Crippen LogP contribution is -2.55. The van der Waals surface area contributed by atoms with Crippen molar-refractivity contribution in [3.05, 3.63) is 41.9 Å². The van der Waals surface area contributed by atoms with Crippen molar-refractivity contribution in [3.63, 3.8) is 0 Å². The summed E-state index contributed by atoms with van der Waals surface area (Å²) in [6, 6.07) is 3.05. The van der Waals surface area contributed by atoms with Crippen LogP contribution in [-0.2, 0) is 20.7 Å². The SMILES string of the molecule is COCC(C)(NC(=O)CCc1ncc(-c2ccc(F)cc2F)o1)C(=O)O. The molecular formula is C17H18F2N2O5. The largest absolute Gasteiger partial charge is 0.479 e. The van der Waals surface area contributed by atoms with Gasteiger partial charge in [-0.2, -0.15) is 0 Å². The van der Waals surface area contributed by atoms with Crippen LogP contribution in [0.2, 0.25) is 0 Å². The van der Waals surface area contributed by atoms with Crippen molar-refractivity contribution < 1.29 is 32.6 Å². The number of halogens is 2. The topological polar surface area (TPSA) is 102 Å². The van der Waals surface area contributed by atoms with Crippen molar-refractivity contribution in [2.45, 2.75) is 25.3 Å². The molecule has 1 unspecified atom stereocenters. The molecule has 0 bridgehead atoms. The molecule has 0 saturated carbocycles. The maximum atomic E-state index is 13.7.